The Labute approximate surface area is 284 Å². The summed E-state index contributed by atoms with van der Waals surface area (Å²) in [4.78, 5) is 0. The second-order valence-electron chi connectivity index (χ2n) is 13.0. The second-order valence-corrected chi connectivity index (χ2v) is 13.0. The van der Waals surface area contributed by atoms with Crippen LogP contribution < -0.4 is 0 Å². The van der Waals surface area contributed by atoms with Gasteiger partial charge in [-0.05, 0) is 114 Å². The van der Waals surface area contributed by atoms with E-state index in [1.165, 1.54) is 93.2 Å². The molecule has 0 aliphatic rings. The highest BCUT2D eigenvalue weighted by Crippen LogP contribution is 2.39. The van der Waals surface area contributed by atoms with Gasteiger partial charge in [0.2, 0.25) is 0 Å². The monoisotopic (exact) mass is 621 g/mol. The van der Waals surface area contributed by atoms with Crippen LogP contribution in [0.3, 0.4) is 0 Å². The summed E-state index contributed by atoms with van der Waals surface area (Å²) in [6.07, 6.45) is 0. The average Bonchev–Trinajstić information content (AvgIpc) is 3.51. The van der Waals surface area contributed by atoms with Gasteiger partial charge in [-0.2, -0.15) is 0 Å². The Kier molecular flexibility index (Phi) is 6.25. The van der Waals surface area contributed by atoms with E-state index in [2.05, 4.69) is 193 Å². The van der Waals surface area contributed by atoms with E-state index < -0.39 is 0 Å². The van der Waals surface area contributed by atoms with E-state index >= 15 is 0 Å². The van der Waals surface area contributed by atoms with Crippen molar-refractivity contribution in [2.45, 2.75) is 0 Å². The average molecular weight is 622 g/mol. The lowest BCUT2D eigenvalue weighted by atomic mass is 9.90. The number of aromatic nitrogens is 1. The fourth-order valence-corrected chi connectivity index (χ4v) is 7.76. The molecule has 0 saturated heterocycles. The molecule has 1 heteroatoms. The summed E-state index contributed by atoms with van der Waals surface area (Å²) in [5.74, 6) is 0. The summed E-state index contributed by atoms with van der Waals surface area (Å²) in [5, 5.41) is 10.1. The van der Waals surface area contributed by atoms with Gasteiger partial charge in [-0.1, -0.05) is 140 Å². The van der Waals surface area contributed by atoms with Gasteiger partial charge < -0.3 is 4.57 Å². The smallest absolute Gasteiger partial charge is 0.0541 e. The van der Waals surface area contributed by atoms with Crippen LogP contribution in [0.2, 0.25) is 0 Å². The van der Waals surface area contributed by atoms with Crippen molar-refractivity contribution in [1.29, 1.82) is 0 Å². The van der Waals surface area contributed by atoms with E-state index in [4.69, 9.17) is 0 Å². The van der Waals surface area contributed by atoms with E-state index in [0.29, 0.717) is 0 Å². The third-order valence-corrected chi connectivity index (χ3v) is 10.2. The molecule has 0 saturated carbocycles. The van der Waals surface area contributed by atoms with E-state index in [-0.39, 0.29) is 0 Å². The number of nitrogens with zero attached hydrogens (tertiary/aromatic N) is 1. The van der Waals surface area contributed by atoms with E-state index in [1.54, 1.807) is 0 Å². The molecule has 1 nitrogen and oxygen atoms in total. The summed E-state index contributed by atoms with van der Waals surface area (Å²) >= 11 is 0. The first-order valence-electron chi connectivity index (χ1n) is 16.9. The summed E-state index contributed by atoms with van der Waals surface area (Å²) in [6.45, 7) is 0. The lowest BCUT2D eigenvalue weighted by molar-refractivity contribution is 1.18. The Balaban J connectivity index is 1.03. The van der Waals surface area contributed by atoms with Crippen LogP contribution >= 0.6 is 0 Å². The van der Waals surface area contributed by atoms with Crippen molar-refractivity contribution in [2.75, 3.05) is 0 Å². The highest BCUT2D eigenvalue weighted by molar-refractivity contribution is 6.11. The molecule has 1 aromatic heterocycles. The van der Waals surface area contributed by atoms with E-state index in [0.717, 1.165) is 0 Å². The molecule has 0 spiro atoms. The quantitative estimate of drug-likeness (QED) is 0.172. The predicted molar refractivity (Wildman–Crippen MR) is 210 cm³/mol. The normalized spacial score (nSPS) is 11.7. The summed E-state index contributed by atoms with van der Waals surface area (Å²) < 4.78 is 2.37. The fourth-order valence-electron chi connectivity index (χ4n) is 7.76. The molecule has 0 amide bonds. The molecule has 0 unspecified atom stereocenters. The van der Waals surface area contributed by atoms with Crippen molar-refractivity contribution < 1.29 is 0 Å². The third-order valence-electron chi connectivity index (χ3n) is 10.2. The van der Waals surface area contributed by atoms with E-state index in [9.17, 15) is 0 Å². The fraction of sp³-hybridized carbons (Fsp3) is 0. The Hall–Kier alpha value is -6.44. The number of hydrogen-bond acceptors (Lipinski definition) is 0. The van der Waals surface area contributed by atoms with Crippen molar-refractivity contribution in [1.82, 2.24) is 4.57 Å². The first-order valence-corrected chi connectivity index (χ1v) is 16.9. The van der Waals surface area contributed by atoms with Crippen molar-refractivity contribution in [2.24, 2.45) is 0 Å². The third kappa shape index (κ3) is 4.55. The zero-order valence-corrected chi connectivity index (χ0v) is 26.8. The molecule has 9 aromatic carbocycles. The maximum absolute atomic E-state index is 2.37. The summed E-state index contributed by atoms with van der Waals surface area (Å²) in [7, 11) is 0. The minimum Gasteiger partial charge on any atom is -0.309 e. The van der Waals surface area contributed by atoms with Gasteiger partial charge in [0.15, 0.2) is 0 Å². The van der Waals surface area contributed by atoms with Crippen molar-refractivity contribution in [3.8, 4) is 39.1 Å². The predicted octanol–water partition coefficient (Wildman–Crippen LogP) is 13.2. The van der Waals surface area contributed by atoms with Crippen LogP contribution in [0.25, 0.3) is 93.2 Å². The molecule has 0 atom stereocenters. The highest BCUT2D eigenvalue weighted by atomic mass is 15.0. The molecule has 0 bridgehead atoms. The molecular formula is C48H31N. The van der Waals surface area contributed by atoms with Gasteiger partial charge in [-0.25, -0.2) is 0 Å². The molecule has 0 aliphatic heterocycles. The molecule has 0 N–H and O–H groups in total. The molecule has 0 aliphatic carbocycles. The van der Waals surface area contributed by atoms with E-state index in [1.807, 2.05) is 0 Å². The first-order chi connectivity index (χ1) is 24.3. The summed E-state index contributed by atoms with van der Waals surface area (Å²) in [6, 6.07) is 68.8. The SMILES string of the molecule is c1ccc(-c2cc3ccccc3cc2-c2ccc3c(ccc4cc(-c5ccc(-n6c7ccccc7c7ccccc76)cc5)ccc43)c2)cc1. The van der Waals surface area contributed by atoms with Crippen LogP contribution in [0, 0.1) is 0 Å². The largest absolute Gasteiger partial charge is 0.309 e. The van der Waals surface area contributed by atoms with Gasteiger partial charge in [0.25, 0.3) is 0 Å². The maximum Gasteiger partial charge on any atom is 0.0541 e. The van der Waals surface area contributed by atoms with Crippen LogP contribution in [-0.2, 0) is 0 Å². The molecule has 10 rings (SSSR count). The minimum absolute atomic E-state index is 1.17. The molecule has 1 heterocycles. The maximum atomic E-state index is 2.37. The molecule has 228 valence electrons. The number of rotatable bonds is 4. The van der Waals surface area contributed by atoms with Gasteiger partial charge in [0.05, 0.1) is 11.0 Å². The Morgan fingerprint density at radius 3 is 1.39 bits per heavy atom. The van der Waals surface area contributed by atoms with Gasteiger partial charge in [0.1, 0.15) is 0 Å². The standard InChI is InChI=1S/C48H31N/c1-2-10-33(11-3-1)45-30-34-12-4-5-13-35(34)31-46(45)39-23-27-42-38(29-39)19-18-37-28-36(22-26-41(37)42)32-20-24-40(25-21-32)49-47-16-8-6-14-43(47)44-15-7-9-17-48(44)49/h1-31H. The zero-order valence-electron chi connectivity index (χ0n) is 26.8. The van der Waals surface area contributed by atoms with Gasteiger partial charge in [-0.15, -0.1) is 0 Å². The number of benzene rings is 9. The van der Waals surface area contributed by atoms with Gasteiger partial charge >= 0.3 is 0 Å². The molecular weight excluding hydrogens is 591 g/mol. The first kappa shape index (κ1) is 27.7. The molecule has 0 fully saturated rings. The van der Waals surface area contributed by atoms with Crippen LogP contribution in [0.4, 0.5) is 0 Å². The second kappa shape index (κ2) is 11.1. The van der Waals surface area contributed by atoms with Crippen LogP contribution in [-0.4, -0.2) is 4.57 Å². The van der Waals surface area contributed by atoms with Gasteiger partial charge in [-0.3, -0.25) is 0 Å². The topological polar surface area (TPSA) is 4.93 Å². The van der Waals surface area contributed by atoms with Gasteiger partial charge in [0, 0.05) is 16.5 Å². The van der Waals surface area contributed by atoms with Crippen molar-refractivity contribution >= 4 is 54.1 Å². The minimum atomic E-state index is 1.17. The number of fused-ring (bicyclic) bond motifs is 7. The van der Waals surface area contributed by atoms with Crippen LogP contribution in [0.1, 0.15) is 0 Å². The number of para-hydroxylation sites is 2. The number of hydrogen-bond donors (Lipinski definition) is 0. The summed E-state index contributed by atoms with van der Waals surface area (Å²) in [5.41, 5.74) is 11.1. The molecule has 0 radical (unpaired) electrons. The Bertz CT molecular complexity index is 2800. The zero-order chi connectivity index (χ0) is 32.3. The Morgan fingerprint density at radius 1 is 0.265 bits per heavy atom. The van der Waals surface area contributed by atoms with Crippen molar-refractivity contribution in [3.63, 3.8) is 0 Å². The Morgan fingerprint density at radius 2 is 0.755 bits per heavy atom. The lowest BCUT2D eigenvalue weighted by Gasteiger charge is -2.14. The van der Waals surface area contributed by atoms with Crippen LogP contribution in [0.15, 0.2) is 188 Å². The van der Waals surface area contributed by atoms with Crippen molar-refractivity contribution in [3.05, 3.63) is 188 Å². The highest BCUT2D eigenvalue weighted by Gasteiger charge is 2.13. The molecule has 49 heavy (non-hydrogen) atoms. The van der Waals surface area contributed by atoms with Crippen LogP contribution in [0.5, 0.6) is 0 Å². The lowest BCUT2D eigenvalue weighted by Crippen LogP contribution is -1.93. The molecule has 10 aromatic rings.